The fourth-order valence-electron chi connectivity index (χ4n) is 3.63. The van der Waals surface area contributed by atoms with Crippen LogP contribution >= 0.6 is 22.9 Å². The Balaban J connectivity index is 1.69. The first-order valence-electron chi connectivity index (χ1n) is 9.55. The van der Waals surface area contributed by atoms with Crippen molar-refractivity contribution < 1.29 is 9.47 Å². The molecule has 0 spiro atoms. The van der Waals surface area contributed by atoms with Gasteiger partial charge in [0.15, 0.2) is 5.96 Å². The molecule has 0 saturated carbocycles. The highest BCUT2D eigenvalue weighted by Crippen LogP contribution is 2.40. The number of hydrogen-bond acceptors (Lipinski definition) is 4. The predicted molar refractivity (Wildman–Crippen MR) is 117 cm³/mol. The minimum Gasteiger partial charge on any atom is -0.496 e. The van der Waals surface area contributed by atoms with Gasteiger partial charge >= 0.3 is 0 Å². The average Bonchev–Trinajstić information content (AvgIpc) is 3.24. The molecule has 0 unspecified atom stereocenters. The Hall–Kier alpha value is -1.76. The van der Waals surface area contributed by atoms with Crippen LogP contribution in [-0.2, 0) is 16.6 Å². The molecule has 7 heteroatoms. The van der Waals surface area contributed by atoms with Crippen molar-refractivity contribution in [2.75, 3.05) is 40.5 Å². The highest BCUT2D eigenvalue weighted by molar-refractivity contribution is 7.09. The lowest BCUT2D eigenvalue weighted by atomic mass is 9.73. The highest BCUT2D eigenvalue weighted by atomic mass is 35.5. The summed E-state index contributed by atoms with van der Waals surface area (Å²) in [4.78, 5) is 5.75. The summed E-state index contributed by atoms with van der Waals surface area (Å²) in [5, 5.41) is 9.76. The lowest BCUT2D eigenvalue weighted by Crippen LogP contribution is -2.48. The molecule has 2 heterocycles. The van der Waals surface area contributed by atoms with Gasteiger partial charge in [-0.05, 0) is 48.9 Å². The summed E-state index contributed by atoms with van der Waals surface area (Å²) in [5.41, 5.74) is 1.02. The molecule has 5 nitrogen and oxygen atoms in total. The molecule has 3 rings (SSSR count). The number of hydrogen-bond donors (Lipinski definition) is 2. The summed E-state index contributed by atoms with van der Waals surface area (Å²) in [7, 11) is 3.51. The Kier molecular flexibility index (Phi) is 7.59. The van der Waals surface area contributed by atoms with E-state index in [4.69, 9.17) is 21.1 Å². The first kappa shape index (κ1) is 21.0. The first-order valence-corrected chi connectivity index (χ1v) is 10.8. The SMILES string of the molecule is CN=C(NCCc1cccs1)NCC1(c2cc(Cl)ccc2OC)CCOCC1. The second kappa shape index (κ2) is 10.1. The minimum atomic E-state index is -0.111. The second-order valence-corrected chi connectivity index (χ2v) is 8.39. The van der Waals surface area contributed by atoms with E-state index in [9.17, 15) is 0 Å². The molecule has 1 aromatic heterocycles. The number of methoxy groups -OCH3 is 1. The molecular weight excluding hydrogens is 394 g/mol. The fraction of sp³-hybridized carbons (Fsp3) is 0.476. The zero-order valence-corrected chi connectivity index (χ0v) is 18.0. The Bertz CT molecular complexity index is 774. The number of guanidine groups is 1. The number of aliphatic imine (C=N–C) groups is 1. The summed E-state index contributed by atoms with van der Waals surface area (Å²) >= 11 is 8.10. The van der Waals surface area contributed by atoms with Gasteiger partial charge in [0.25, 0.3) is 0 Å². The lowest BCUT2D eigenvalue weighted by molar-refractivity contribution is 0.0505. The average molecular weight is 422 g/mol. The Morgan fingerprint density at radius 3 is 2.79 bits per heavy atom. The Morgan fingerprint density at radius 1 is 1.29 bits per heavy atom. The molecule has 1 aliphatic heterocycles. The van der Waals surface area contributed by atoms with Crippen LogP contribution in [0.1, 0.15) is 23.3 Å². The number of benzene rings is 1. The molecule has 2 N–H and O–H groups in total. The van der Waals surface area contributed by atoms with E-state index in [0.29, 0.717) is 0 Å². The third-order valence-corrected chi connectivity index (χ3v) is 6.42. The van der Waals surface area contributed by atoms with Gasteiger partial charge in [-0.2, -0.15) is 0 Å². The molecule has 0 atom stereocenters. The molecular formula is C21H28ClN3O2S. The number of rotatable bonds is 7. The zero-order valence-electron chi connectivity index (χ0n) is 16.5. The van der Waals surface area contributed by atoms with E-state index >= 15 is 0 Å². The van der Waals surface area contributed by atoms with Gasteiger partial charge in [0.1, 0.15) is 5.75 Å². The van der Waals surface area contributed by atoms with Gasteiger partial charge < -0.3 is 20.1 Å². The second-order valence-electron chi connectivity index (χ2n) is 6.92. The van der Waals surface area contributed by atoms with Crippen LogP contribution < -0.4 is 15.4 Å². The molecule has 152 valence electrons. The summed E-state index contributed by atoms with van der Waals surface area (Å²) < 4.78 is 11.3. The number of nitrogens with zero attached hydrogens (tertiary/aromatic N) is 1. The standard InChI is InChI=1S/C21H28ClN3O2S/c1-23-20(24-10-7-17-4-3-13-28-17)25-15-21(8-11-27-12-9-21)18-14-16(22)5-6-19(18)26-2/h3-6,13-14H,7-12,15H2,1-2H3,(H2,23,24,25). The predicted octanol–water partition coefficient (Wildman–Crippen LogP) is 3.87. The van der Waals surface area contributed by atoms with Crippen molar-refractivity contribution in [1.82, 2.24) is 10.6 Å². The van der Waals surface area contributed by atoms with Crippen LogP contribution in [0, 0.1) is 0 Å². The van der Waals surface area contributed by atoms with E-state index in [1.807, 2.05) is 18.2 Å². The van der Waals surface area contributed by atoms with E-state index < -0.39 is 0 Å². The van der Waals surface area contributed by atoms with E-state index in [-0.39, 0.29) is 5.41 Å². The van der Waals surface area contributed by atoms with Gasteiger partial charge in [-0.25, -0.2) is 0 Å². The monoisotopic (exact) mass is 421 g/mol. The summed E-state index contributed by atoms with van der Waals surface area (Å²) in [6, 6.07) is 10.1. The van der Waals surface area contributed by atoms with Crippen LogP contribution in [0.5, 0.6) is 5.75 Å². The van der Waals surface area contributed by atoms with Crippen LogP contribution in [0.3, 0.4) is 0 Å². The van der Waals surface area contributed by atoms with E-state index in [2.05, 4.69) is 33.1 Å². The molecule has 0 bridgehead atoms. The largest absolute Gasteiger partial charge is 0.496 e. The smallest absolute Gasteiger partial charge is 0.191 e. The number of thiophene rings is 1. The molecule has 2 aromatic rings. The Labute approximate surface area is 176 Å². The molecule has 1 aromatic carbocycles. The van der Waals surface area contributed by atoms with Crippen LogP contribution in [0.2, 0.25) is 5.02 Å². The van der Waals surface area contributed by atoms with Crippen molar-refractivity contribution in [2.45, 2.75) is 24.7 Å². The van der Waals surface area contributed by atoms with Gasteiger partial charge in [-0.1, -0.05) is 17.7 Å². The number of ether oxygens (including phenoxy) is 2. The van der Waals surface area contributed by atoms with Crippen molar-refractivity contribution in [3.05, 3.63) is 51.2 Å². The maximum absolute atomic E-state index is 6.32. The maximum atomic E-state index is 6.32. The summed E-state index contributed by atoms with van der Waals surface area (Å²) in [6.45, 7) is 3.03. The van der Waals surface area contributed by atoms with Gasteiger partial charge in [0, 0.05) is 54.2 Å². The molecule has 1 aliphatic rings. The van der Waals surface area contributed by atoms with Crippen molar-refractivity contribution >= 4 is 28.9 Å². The zero-order chi connectivity index (χ0) is 19.8. The van der Waals surface area contributed by atoms with Crippen molar-refractivity contribution in [1.29, 1.82) is 0 Å². The van der Waals surface area contributed by atoms with E-state index in [0.717, 1.165) is 67.9 Å². The maximum Gasteiger partial charge on any atom is 0.191 e. The molecule has 1 fully saturated rings. The number of halogens is 1. The molecule has 0 aliphatic carbocycles. The van der Waals surface area contributed by atoms with E-state index in [1.165, 1.54) is 4.88 Å². The first-order chi connectivity index (χ1) is 13.7. The van der Waals surface area contributed by atoms with Crippen LogP contribution in [0.4, 0.5) is 0 Å². The normalized spacial score (nSPS) is 16.6. The van der Waals surface area contributed by atoms with E-state index in [1.54, 1.807) is 25.5 Å². The van der Waals surface area contributed by atoms with Crippen LogP contribution in [0.15, 0.2) is 40.7 Å². The topological polar surface area (TPSA) is 54.9 Å². The lowest BCUT2D eigenvalue weighted by Gasteiger charge is -2.39. The summed E-state index contributed by atoms with van der Waals surface area (Å²) in [5.74, 6) is 1.68. The minimum absolute atomic E-state index is 0.111. The quantitative estimate of drug-likeness (QED) is 0.526. The molecule has 0 amide bonds. The van der Waals surface area contributed by atoms with Crippen molar-refractivity contribution in [2.24, 2.45) is 4.99 Å². The van der Waals surface area contributed by atoms with Gasteiger partial charge in [0.05, 0.1) is 7.11 Å². The molecule has 28 heavy (non-hydrogen) atoms. The van der Waals surface area contributed by atoms with Gasteiger partial charge in [0.2, 0.25) is 0 Å². The third-order valence-electron chi connectivity index (χ3n) is 5.24. The van der Waals surface area contributed by atoms with Crippen LogP contribution in [0.25, 0.3) is 0 Å². The van der Waals surface area contributed by atoms with Gasteiger partial charge in [-0.15, -0.1) is 11.3 Å². The fourth-order valence-corrected chi connectivity index (χ4v) is 4.51. The summed E-state index contributed by atoms with van der Waals surface area (Å²) in [6.07, 6.45) is 2.80. The van der Waals surface area contributed by atoms with Crippen molar-refractivity contribution in [3.63, 3.8) is 0 Å². The highest BCUT2D eigenvalue weighted by Gasteiger charge is 2.37. The third kappa shape index (κ3) is 5.19. The van der Waals surface area contributed by atoms with Crippen molar-refractivity contribution in [3.8, 4) is 5.75 Å². The molecule has 1 saturated heterocycles. The Morgan fingerprint density at radius 2 is 2.11 bits per heavy atom. The van der Waals surface area contributed by atoms with Crippen LogP contribution in [-0.4, -0.2) is 46.4 Å². The van der Waals surface area contributed by atoms with Gasteiger partial charge in [-0.3, -0.25) is 4.99 Å². The number of nitrogens with one attached hydrogen (secondary N) is 2. The molecule has 0 radical (unpaired) electrons.